The zero-order chi connectivity index (χ0) is 23.2. The number of fused-ring (bicyclic) bond motifs is 1. The first-order chi connectivity index (χ1) is 16.0. The van der Waals surface area contributed by atoms with Gasteiger partial charge in [0.2, 0.25) is 5.95 Å². The van der Waals surface area contributed by atoms with Gasteiger partial charge in [-0.3, -0.25) is 4.79 Å². The number of unbranched alkanes of at least 4 members (excludes halogenated alkanes) is 2. The normalized spacial score (nSPS) is 15.2. The van der Waals surface area contributed by atoms with E-state index >= 15 is 0 Å². The lowest BCUT2D eigenvalue weighted by molar-refractivity contribution is -0.137. The van der Waals surface area contributed by atoms with E-state index in [0.717, 1.165) is 17.7 Å². The molecule has 3 aromatic rings. The third-order valence-electron chi connectivity index (χ3n) is 5.52. The Morgan fingerprint density at radius 1 is 1.15 bits per heavy atom. The van der Waals surface area contributed by atoms with Gasteiger partial charge in [0, 0.05) is 55.7 Å². The van der Waals surface area contributed by atoms with E-state index in [1.54, 1.807) is 30.7 Å². The number of ether oxygens (including phenoxy) is 1. The number of hydrogen-bond acceptors (Lipinski definition) is 8. The topological polar surface area (TPSA) is 114 Å². The van der Waals surface area contributed by atoms with Crippen LogP contribution in [0.3, 0.4) is 0 Å². The number of pyridine rings is 1. The lowest BCUT2D eigenvalue weighted by Gasteiger charge is -2.35. The number of carboxylic acids is 1. The van der Waals surface area contributed by atoms with Crippen LogP contribution in [-0.4, -0.2) is 49.1 Å². The average Bonchev–Trinajstić information content (AvgIpc) is 2.81. The maximum Gasteiger partial charge on any atom is 0.303 e. The number of rotatable bonds is 9. The van der Waals surface area contributed by atoms with Crippen LogP contribution >= 0.6 is 0 Å². The predicted octanol–water partition coefficient (Wildman–Crippen LogP) is 3.62. The highest BCUT2D eigenvalue weighted by Crippen LogP contribution is 2.33. The van der Waals surface area contributed by atoms with Crippen molar-refractivity contribution < 1.29 is 19.0 Å². The molecule has 9 nitrogen and oxygen atoms in total. The number of anilines is 1. The first-order valence-electron chi connectivity index (χ1n) is 10.9. The quantitative estimate of drug-likeness (QED) is 0.384. The maximum atomic E-state index is 14.2. The first-order valence-corrected chi connectivity index (χ1v) is 10.9. The number of halogens is 1. The molecule has 33 heavy (non-hydrogen) atoms. The fourth-order valence-electron chi connectivity index (χ4n) is 3.83. The van der Waals surface area contributed by atoms with Gasteiger partial charge in [0.15, 0.2) is 11.6 Å². The molecule has 0 aromatic carbocycles. The van der Waals surface area contributed by atoms with Gasteiger partial charge in [0.25, 0.3) is 0 Å². The van der Waals surface area contributed by atoms with Crippen LogP contribution in [0.1, 0.15) is 49.9 Å². The van der Waals surface area contributed by atoms with E-state index in [1.165, 1.54) is 6.07 Å². The van der Waals surface area contributed by atoms with Crippen LogP contribution in [0.5, 0.6) is 5.75 Å². The molecular formula is C23H25FN6O3. The highest BCUT2D eigenvalue weighted by molar-refractivity contribution is 5.66. The van der Waals surface area contributed by atoms with E-state index in [-0.39, 0.29) is 12.5 Å². The summed E-state index contributed by atoms with van der Waals surface area (Å²) in [6, 6.07) is 4.64. The van der Waals surface area contributed by atoms with Gasteiger partial charge < -0.3 is 14.7 Å². The fraction of sp³-hybridized carbons (Fsp3) is 0.391. The van der Waals surface area contributed by atoms with Crippen LogP contribution in [0.4, 0.5) is 10.2 Å². The van der Waals surface area contributed by atoms with Crippen molar-refractivity contribution in [3.8, 4) is 17.4 Å². The van der Waals surface area contributed by atoms with Crippen molar-refractivity contribution in [1.82, 2.24) is 24.9 Å². The number of hydrogen-bond donors (Lipinski definition) is 1. The molecule has 10 heteroatoms. The van der Waals surface area contributed by atoms with Crippen LogP contribution in [0.2, 0.25) is 0 Å². The Labute approximate surface area is 190 Å². The van der Waals surface area contributed by atoms with Crippen molar-refractivity contribution in [2.24, 2.45) is 0 Å². The smallest absolute Gasteiger partial charge is 0.303 e. The van der Waals surface area contributed by atoms with Crippen molar-refractivity contribution in [3.05, 3.63) is 54.0 Å². The third kappa shape index (κ3) is 5.57. The number of aliphatic carboxylic acids is 1. The van der Waals surface area contributed by atoms with Crippen LogP contribution in [0.25, 0.3) is 11.6 Å². The number of nitrogens with zero attached hydrogens (tertiary/aromatic N) is 6. The van der Waals surface area contributed by atoms with Gasteiger partial charge in [0.1, 0.15) is 11.6 Å². The molecule has 0 amide bonds. The Morgan fingerprint density at radius 2 is 1.97 bits per heavy atom. The standard InChI is InChI=1S/C23H25FN6O3/c1-15-17-14-27-23(22-25-8-5-9-26-22)28-18(17)7-10-30(15)20-13-16(12-19(24)29-20)33-11-4-2-3-6-21(31)32/h5,8-9,12-15H,2-4,6-7,10-11H2,1H3,(H,31,32). The van der Waals surface area contributed by atoms with Gasteiger partial charge in [-0.2, -0.15) is 4.39 Å². The number of carbonyl (C=O) groups is 1. The van der Waals surface area contributed by atoms with E-state index in [9.17, 15) is 9.18 Å². The Bertz CT molecular complexity index is 1110. The summed E-state index contributed by atoms with van der Waals surface area (Å²) >= 11 is 0. The Balaban J connectivity index is 1.44. The summed E-state index contributed by atoms with van der Waals surface area (Å²) in [6.45, 7) is 3.01. The molecule has 1 aliphatic rings. The second-order valence-electron chi connectivity index (χ2n) is 7.82. The van der Waals surface area contributed by atoms with Gasteiger partial charge in [-0.25, -0.2) is 24.9 Å². The summed E-state index contributed by atoms with van der Waals surface area (Å²) in [6.07, 6.45) is 7.92. The van der Waals surface area contributed by atoms with Crippen molar-refractivity contribution in [1.29, 1.82) is 0 Å². The van der Waals surface area contributed by atoms with Crippen LogP contribution in [0.15, 0.2) is 36.8 Å². The molecule has 4 heterocycles. The molecule has 0 bridgehead atoms. The zero-order valence-electron chi connectivity index (χ0n) is 18.3. The van der Waals surface area contributed by atoms with E-state index in [1.807, 2.05) is 11.8 Å². The molecule has 0 spiro atoms. The van der Waals surface area contributed by atoms with E-state index in [4.69, 9.17) is 9.84 Å². The summed E-state index contributed by atoms with van der Waals surface area (Å²) in [5.74, 6) is 0.444. The minimum atomic E-state index is -0.802. The molecule has 172 valence electrons. The Morgan fingerprint density at radius 3 is 2.76 bits per heavy atom. The molecule has 1 aliphatic heterocycles. The lowest BCUT2D eigenvalue weighted by Crippen LogP contribution is -2.35. The number of aromatic nitrogens is 5. The van der Waals surface area contributed by atoms with Crippen LogP contribution < -0.4 is 9.64 Å². The van der Waals surface area contributed by atoms with Crippen molar-refractivity contribution in [2.45, 2.75) is 45.1 Å². The van der Waals surface area contributed by atoms with E-state index in [0.29, 0.717) is 55.6 Å². The maximum absolute atomic E-state index is 14.2. The Kier molecular flexibility index (Phi) is 7.01. The molecule has 0 saturated heterocycles. The van der Waals surface area contributed by atoms with Crippen LogP contribution in [-0.2, 0) is 11.2 Å². The van der Waals surface area contributed by atoms with Crippen LogP contribution in [0, 0.1) is 5.95 Å². The predicted molar refractivity (Wildman–Crippen MR) is 118 cm³/mol. The molecule has 3 aromatic heterocycles. The minimum absolute atomic E-state index is 0.0994. The third-order valence-corrected chi connectivity index (χ3v) is 5.52. The fourth-order valence-corrected chi connectivity index (χ4v) is 3.83. The highest BCUT2D eigenvalue weighted by atomic mass is 19.1. The van der Waals surface area contributed by atoms with Crippen molar-refractivity contribution >= 4 is 11.8 Å². The Hall–Kier alpha value is -3.69. The summed E-state index contributed by atoms with van der Waals surface area (Å²) in [5, 5.41) is 8.68. The number of carboxylic acid groups (broad SMARTS) is 1. The summed E-state index contributed by atoms with van der Waals surface area (Å²) in [4.78, 5) is 34.2. The van der Waals surface area contributed by atoms with Crippen molar-refractivity contribution in [2.75, 3.05) is 18.1 Å². The second-order valence-corrected chi connectivity index (χ2v) is 7.82. The van der Waals surface area contributed by atoms with Gasteiger partial charge in [-0.15, -0.1) is 0 Å². The first kappa shape index (κ1) is 22.5. The lowest BCUT2D eigenvalue weighted by atomic mass is 9.99. The molecule has 1 N–H and O–H groups in total. The monoisotopic (exact) mass is 452 g/mol. The van der Waals surface area contributed by atoms with Gasteiger partial charge >= 0.3 is 5.97 Å². The second kappa shape index (κ2) is 10.3. The molecular weight excluding hydrogens is 427 g/mol. The average molecular weight is 452 g/mol. The molecule has 1 atom stereocenters. The SMILES string of the molecule is CC1c2cnc(-c3ncccn3)nc2CCN1c1cc(OCCCCCC(=O)O)cc(F)n1. The molecule has 1 unspecified atom stereocenters. The molecule has 0 saturated carbocycles. The van der Waals surface area contributed by atoms with Crippen molar-refractivity contribution in [3.63, 3.8) is 0 Å². The highest BCUT2D eigenvalue weighted by Gasteiger charge is 2.27. The molecule has 4 rings (SSSR count). The van der Waals surface area contributed by atoms with E-state index < -0.39 is 11.9 Å². The van der Waals surface area contributed by atoms with Gasteiger partial charge in [-0.1, -0.05) is 0 Å². The largest absolute Gasteiger partial charge is 0.493 e. The summed E-state index contributed by atoms with van der Waals surface area (Å²) in [7, 11) is 0. The molecule has 0 radical (unpaired) electrons. The van der Waals surface area contributed by atoms with E-state index in [2.05, 4.69) is 24.9 Å². The van der Waals surface area contributed by atoms with Gasteiger partial charge in [-0.05, 0) is 32.3 Å². The summed E-state index contributed by atoms with van der Waals surface area (Å²) < 4.78 is 19.9. The molecule has 0 fully saturated rings. The minimum Gasteiger partial charge on any atom is -0.493 e. The zero-order valence-corrected chi connectivity index (χ0v) is 18.3. The summed E-state index contributed by atoms with van der Waals surface area (Å²) in [5.41, 5.74) is 1.87. The van der Waals surface area contributed by atoms with Gasteiger partial charge in [0.05, 0.1) is 18.3 Å². The molecule has 0 aliphatic carbocycles.